The molecule has 3 amide bonds. The van der Waals surface area contributed by atoms with Crippen LogP contribution in [0.1, 0.15) is 38.4 Å². The standard InChI is InChI=1S/C20H22FN3O3S/c1-13-6-7-14(12-15(13)21)18(25)22-8-9-23-19(26)16-4-2-10-24(16)20(27)17-5-3-11-28-17/h3,5-7,11-12,16H,2,4,8-10H2,1H3,(H,22,25)(H,23,26)/t16-/m0/s1. The van der Waals surface area contributed by atoms with Crippen LogP contribution in [-0.2, 0) is 4.79 Å². The number of thiophene rings is 1. The summed E-state index contributed by atoms with van der Waals surface area (Å²) >= 11 is 1.36. The first kappa shape index (κ1) is 20.0. The summed E-state index contributed by atoms with van der Waals surface area (Å²) in [6, 6.07) is 7.37. The smallest absolute Gasteiger partial charge is 0.264 e. The predicted molar refractivity (Wildman–Crippen MR) is 105 cm³/mol. The van der Waals surface area contributed by atoms with E-state index in [1.807, 2.05) is 11.4 Å². The van der Waals surface area contributed by atoms with E-state index < -0.39 is 17.8 Å². The lowest BCUT2D eigenvalue weighted by molar-refractivity contribution is -0.124. The summed E-state index contributed by atoms with van der Waals surface area (Å²) in [5.74, 6) is -1.18. The van der Waals surface area contributed by atoms with E-state index in [4.69, 9.17) is 0 Å². The monoisotopic (exact) mass is 403 g/mol. The highest BCUT2D eigenvalue weighted by atomic mass is 32.1. The van der Waals surface area contributed by atoms with Crippen LogP contribution >= 0.6 is 11.3 Å². The van der Waals surface area contributed by atoms with Crippen LogP contribution in [0, 0.1) is 12.7 Å². The lowest BCUT2D eigenvalue weighted by Gasteiger charge is -2.23. The molecular weight excluding hydrogens is 381 g/mol. The van der Waals surface area contributed by atoms with Gasteiger partial charge < -0.3 is 15.5 Å². The molecule has 2 heterocycles. The summed E-state index contributed by atoms with van der Waals surface area (Å²) < 4.78 is 13.5. The Hall–Kier alpha value is -2.74. The number of carbonyl (C=O) groups is 3. The molecule has 1 atom stereocenters. The van der Waals surface area contributed by atoms with Gasteiger partial charge in [0.2, 0.25) is 5.91 Å². The van der Waals surface area contributed by atoms with Crippen LogP contribution in [0.5, 0.6) is 0 Å². The number of nitrogens with zero attached hydrogens (tertiary/aromatic N) is 1. The number of nitrogens with one attached hydrogen (secondary N) is 2. The van der Waals surface area contributed by atoms with Crippen molar-refractivity contribution in [2.24, 2.45) is 0 Å². The molecule has 1 aromatic carbocycles. The van der Waals surface area contributed by atoms with Gasteiger partial charge in [-0.2, -0.15) is 0 Å². The maximum absolute atomic E-state index is 13.5. The zero-order valence-corrected chi connectivity index (χ0v) is 16.4. The number of benzene rings is 1. The average molecular weight is 403 g/mol. The minimum Gasteiger partial charge on any atom is -0.353 e. The third kappa shape index (κ3) is 4.56. The van der Waals surface area contributed by atoms with E-state index in [1.165, 1.54) is 17.4 Å². The van der Waals surface area contributed by atoms with Gasteiger partial charge in [-0.15, -0.1) is 11.3 Å². The van der Waals surface area contributed by atoms with Crippen LogP contribution < -0.4 is 10.6 Å². The van der Waals surface area contributed by atoms with Crippen molar-refractivity contribution in [2.75, 3.05) is 19.6 Å². The number of rotatable bonds is 6. The highest BCUT2D eigenvalue weighted by Gasteiger charge is 2.34. The molecule has 148 valence electrons. The summed E-state index contributed by atoms with van der Waals surface area (Å²) in [6.45, 7) is 2.63. The Balaban J connectivity index is 1.46. The Labute approximate surface area is 166 Å². The van der Waals surface area contributed by atoms with E-state index in [2.05, 4.69) is 10.6 Å². The van der Waals surface area contributed by atoms with Gasteiger partial charge in [0.15, 0.2) is 0 Å². The second-order valence-corrected chi connectivity index (χ2v) is 7.59. The summed E-state index contributed by atoms with van der Waals surface area (Å²) in [5.41, 5.74) is 0.708. The van der Waals surface area contributed by atoms with Crippen molar-refractivity contribution in [1.29, 1.82) is 0 Å². The SMILES string of the molecule is Cc1ccc(C(=O)NCCNC(=O)[C@@H]2CCCN2C(=O)c2cccs2)cc1F. The largest absolute Gasteiger partial charge is 0.353 e. The van der Waals surface area contributed by atoms with Crippen molar-refractivity contribution in [3.05, 3.63) is 57.5 Å². The van der Waals surface area contributed by atoms with Gasteiger partial charge in [0.05, 0.1) is 4.88 Å². The molecule has 1 saturated heterocycles. The van der Waals surface area contributed by atoms with Crippen molar-refractivity contribution in [3.63, 3.8) is 0 Å². The normalized spacial score (nSPS) is 16.1. The van der Waals surface area contributed by atoms with E-state index in [9.17, 15) is 18.8 Å². The quantitative estimate of drug-likeness (QED) is 0.727. The van der Waals surface area contributed by atoms with E-state index in [1.54, 1.807) is 30.0 Å². The molecule has 0 aliphatic carbocycles. The first-order valence-electron chi connectivity index (χ1n) is 9.14. The number of amides is 3. The number of carbonyl (C=O) groups excluding carboxylic acids is 3. The summed E-state index contributed by atoms with van der Waals surface area (Å²) in [5, 5.41) is 7.25. The Bertz CT molecular complexity index is 870. The van der Waals surface area contributed by atoms with Crippen molar-refractivity contribution >= 4 is 29.1 Å². The second-order valence-electron chi connectivity index (χ2n) is 6.64. The summed E-state index contributed by atoms with van der Waals surface area (Å²) in [6.07, 6.45) is 1.41. The molecule has 0 radical (unpaired) electrons. The third-order valence-corrected chi connectivity index (χ3v) is 5.55. The molecule has 3 rings (SSSR count). The van der Waals surface area contributed by atoms with Crippen LogP contribution in [0.25, 0.3) is 0 Å². The molecule has 0 spiro atoms. The topological polar surface area (TPSA) is 78.5 Å². The van der Waals surface area contributed by atoms with Crippen LogP contribution in [-0.4, -0.2) is 48.3 Å². The van der Waals surface area contributed by atoms with Gasteiger partial charge in [0.25, 0.3) is 11.8 Å². The molecule has 1 aliphatic heterocycles. The number of hydrogen-bond acceptors (Lipinski definition) is 4. The molecule has 28 heavy (non-hydrogen) atoms. The highest BCUT2D eigenvalue weighted by Crippen LogP contribution is 2.22. The lowest BCUT2D eigenvalue weighted by atomic mass is 10.1. The van der Waals surface area contributed by atoms with E-state index in [-0.39, 0.29) is 30.5 Å². The second kappa shape index (κ2) is 8.97. The fraction of sp³-hybridized carbons (Fsp3) is 0.350. The fourth-order valence-corrected chi connectivity index (χ4v) is 3.82. The zero-order valence-electron chi connectivity index (χ0n) is 15.5. The Kier molecular flexibility index (Phi) is 6.41. The molecule has 1 fully saturated rings. The van der Waals surface area contributed by atoms with Gasteiger partial charge >= 0.3 is 0 Å². The Morgan fingerprint density at radius 3 is 2.71 bits per heavy atom. The minimum absolute atomic E-state index is 0.123. The van der Waals surface area contributed by atoms with Crippen LogP contribution in [0.2, 0.25) is 0 Å². The first-order chi connectivity index (χ1) is 13.5. The van der Waals surface area contributed by atoms with Crippen molar-refractivity contribution in [3.8, 4) is 0 Å². The molecule has 1 aromatic heterocycles. The van der Waals surface area contributed by atoms with Gasteiger partial charge in [-0.05, 0) is 48.9 Å². The minimum atomic E-state index is -0.489. The Morgan fingerprint density at radius 1 is 1.21 bits per heavy atom. The van der Waals surface area contributed by atoms with Gasteiger partial charge in [-0.1, -0.05) is 12.1 Å². The van der Waals surface area contributed by atoms with Crippen molar-refractivity contribution in [1.82, 2.24) is 15.5 Å². The molecule has 0 saturated carbocycles. The number of halogens is 1. The molecule has 2 N–H and O–H groups in total. The summed E-state index contributed by atoms with van der Waals surface area (Å²) in [4.78, 5) is 39.2. The van der Waals surface area contributed by atoms with Gasteiger partial charge in [-0.3, -0.25) is 14.4 Å². The Morgan fingerprint density at radius 2 is 2.00 bits per heavy atom. The highest BCUT2D eigenvalue weighted by molar-refractivity contribution is 7.12. The van der Waals surface area contributed by atoms with Gasteiger partial charge in [0.1, 0.15) is 11.9 Å². The van der Waals surface area contributed by atoms with Crippen molar-refractivity contribution < 1.29 is 18.8 Å². The van der Waals surface area contributed by atoms with Crippen LogP contribution in [0.4, 0.5) is 4.39 Å². The molecular formula is C20H22FN3O3S. The maximum Gasteiger partial charge on any atom is 0.264 e. The van der Waals surface area contributed by atoms with Crippen LogP contribution in [0.15, 0.2) is 35.7 Å². The fourth-order valence-electron chi connectivity index (χ4n) is 3.14. The number of hydrogen-bond donors (Lipinski definition) is 2. The van der Waals surface area contributed by atoms with Crippen LogP contribution in [0.3, 0.4) is 0 Å². The van der Waals surface area contributed by atoms with Crippen molar-refractivity contribution in [2.45, 2.75) is 25.8 Å². The molecule has 6 nitrogen and oxygen atoms in total. The van der Waals surface area contributed by atoms with E-state index in [0.717, 1.165) is 6.42 Å². The zero-order chi connectivity index (χ0) is 20.1. The average Bonchev–Trinajstić information content (AvgIpc) is 3.38. The molecule has 1 aliphatic rings. The third-order valence-electron chi connectivity index (χ3n) is 4.69. The first-order valence-corrected chi connectivity index (χ1v) is 10.0. The van der Waals surface area contributed by atoms with E-state index >= 15 is 0 Å². The summed E-state index contributed by atoms with van der Waals surface area (Å²) in [7, 11) is 0. The lowest BCUT2D eigenvalue weighted by Crippen LogP contribution is -2.47. The number of likely N-dealkylation sites (tertiary alicyclic amines) is 1. The molecule has 8 heteroatoms. The van der Waals surface area contributed by atoms with E-state index in [0.29, 0.717) is 23.4 Å². The number of aryl methyl sites for hydroxylation is 1. The molecule has 0 unspecified atom stereocenters. The molecule has 0 bridgehead atoms. The van der Waals surface area contributed by atoms with Gasteiger partial charge in [-0.25, -0.2) is 4.39 Å². The molecule has 2 aromatic rings. The van der Waals surface area contributed by atoms with Gasteiger partial charge in [0, 0.05) is 25.2 Å². The maximum atomic E-state index is 13.5. The predicted octanol–water partition coefficient (Wildman–Crippen LogP) is 2.35.